The molecule has 0 saturated heterocycles. The second-order valence-electron chi connectivity index (χ2n) is 6.98. The number of nitriles is 1. The normalized spacial score (nSPS) is 10.9. The third kappa shape index (κ3) is 7.26. The van der Waals surface area contributed by atoms with Crippen LogP contribution in [0.4, 0.5) is 0 Å². The second-order valence-corrected chi connectivity index (χ2v) is 8.14. The van der Waals surface area contributed by atoms with Crippen LogP contribution in [0.15, 0.2) is 84.4 Å². The number of nitrogens with zero attached hydrogens (tertiary/aromatic N) is 1. The maximum absolute atomic E-state index is 12.4. The Labute approximate surface area is 196 Å². The van der Waals surface area contributed by atoms with Crippen molar-refractivity contribution >= 4 is 34.6 Å². The van der Waals surface area contributed by atoms with Gasteiger partial charge in [-0.25, -0.2) is 0 Å². The minimum Gasteiger partial charge on any atom is -0.488 e. The first-order valence-corrected chi connectivity index (χ1v) is 11.1. The molecule has 4 nitrogen and oxygen atoms in total. The minimum absolute atomic E-state index is 0.0912. The molecule has 3 aromatic rings. The molecule has 31 heavy (non-hydrogen) atoms. The predicted octanol–water partition coefficient (Wildman–Crippen LogP) is 5.53. The summed E-state index contributed by atoms with van der Waals surface area (Å²) in [6.45, 7) is 1.01. The summed E-state index contributed by atoms with van der Waals surface area (Å²) >= 11 is 2.20. The van der Waals surface area contributed by atoms with Crippen LogP contribution in [-0.2, 0) is 17.8 Å². The first-order chi connectivity index (χ1) is 15.2. The molecule has 0 aliphatic rings. The molecule has 1 amide bonds. The van der Waals surface area contributed by atoms with Gasteiger partial charge in [0.2, 0.25) is 0 Å². The van der Waals surface area contributed by atoms with E-state index in [2.05, 4.69) is 40.0 Å². The van der Waals surface area contributed by atoms with Crippen LogP contribution >= 0.6 is 22.6 Å². The van der Waals surface area contributed by atoms with Crippen molar-refractivity contribution in [2.45, 2.75) is 19.4 Å². The molecule has 5 heteroatoms. The van der Waals surface area contributed by atoms with E-state index >= 15 is 0 Å². The molecule has 0 unspecified atom stereocenters. The van der Waals surface area contributed by atoms with Gasteiger partial charge < -0.3 is 10.1 Å². The summed E-state index contributed by atoms with van der Waals surface area (Å²) in [5, 5.41) is 12.3. The highest BCUT2D eigenvalue weighted by Crippen LogP contribution is 2.24. The number of ether oxygens (including phenoxy) is 1. The van der Waals surface area contributed by atoms with E-state index in [4.69, 9.17) is 4.74 Å². The number of rotatable bonds is 9. The fraction of sp³-hybridized carbons (Fsp3) is 0.154. The predicted molar refractivity (Wildman–Crippen MR) is 131 cm³/mol. The first-order valence-electron chi connectivity index (χ1n) is 10.1. The van der Waals surface area contributed by atoms with Crippen molar-refractivity contribution in [3.8, 4) is 11.8 Å². The number of carbonyl (C=O) groups is 1. The molecule has 0 aromatic heterocycles. The molecule has 0 heterocycles. The number of nitrogens with one attached hydrogen (secondary N) is 1. The van der Waals surface area contributed by atoms with Crippen LogP contribution in [0.3, 0.4) is 0 Å². The maximum atomic E-state index is 12.4. The molecule has 1 N–H and O–H groups in total. The van der Waals surface area contributed by atoms with Crippen LogP contribution < -0.4 is 10.1 Å². The number of carbonyl (C=O) groups excluding carboxylic acids is 1. The zero-order valence-electron chi connectivity index (χ0n) is 17.1. The van der Waals surface area contributed by atoms with Gasteiger partial charge in [0.1, 0.15) is 24.0 Å². The lowest BCUT2D eigenvalue weighted by Crippen LogP contribution is -2.25. The van der Waals surface area contributed by atoms with E-state index in [1.165, 1.54) is 5.56 Å². The Bertz CT molecular complexity index is 1070. The quantitative estimate of drug-likeness (QED) is 0.174. The average Bonchev–Trinajstić information content (AvgIpc) is 2.81. The number of halogens is 1. The van der Waals surface area contributed by atoms with Gasteiger partial charge >= 0.3 is 0 Å². The van der Waals surface area contributed by atoms with Crippen molar-refractivity contribution in [1.82, 2.24) is 5.32 Å². The summed E-state index contributed by atoms with van der Waals surface area (Å²) in [4.78, 5) is 12.4. The molecule has 3 rings (SSSR count). The van der Waals surface area contributed by atoms with Gasteiger partial charge in [-0.3, -0.25) is 4.79 Å². The Morgan fingerprint density at radius 1 is 1.00 bits per heavy atom. The Morgan fingerprint density at radius 2 is 1.68 bits per heavy atom. The van der Waals surface area contributed by atoms with Crippen LogP contribution in [0.2, 0.25) is 0 Å². The molecular formula is C26H23IN2O2. The Morgan fingerprint density at radius 3 is 2.32 bits per heavy atom. The second kappa shape index (κ2) is 11.9. The summed E-state index contributed by atoms with van der Waals surface area (Å²) in [5.41, 5.74) is 3.20. The number of hydrogen-bond donors (Lipinski definition) is 1. The van der Waals surface area contributed by atoms with Crippen molar-refractivity contribution in [3.05, 3.63) is 105 Å². The van der Waals surface area contributed by atoms with Gasteiger partial charge in [-0.15, -0.1) is 0 Å². The summed E-state index contributed by atoms with van der Waals surface area (Å²) < 4.78 is 6.81. The molecule has 0 radical (unpaired) electrons. The monoisotopic (exact) mass is 522 g/mol. The Balaban J connectivity index is 1.54. The molecule has 0 saturated carbocycles. The van der Waals surface area contributed by atoms with Crippen LogP contribution in [0.25, 0.3) is 6.08 Å². The van der Waals surface area contributed by atoms with E-state index in [1.807, 2.05) is 72.8 Å². The molecule has 0 atom stereocenters. The smallest absolute Gasteiger partial charge is 0.261 e. The van der Waals surface area contributed by atoms with Gasteiger partial charge in [0.25, 0.3) is 5.91 Å². The Hall–Kier alpha value is -3.11. The number of amides is 1. The average molecular weight is 522 g/mol. The number of hydrogen-bond acceptors (Lipinski definition) is 3. The fourth-order valence-electron chi connectivity index (χ4n) is 3.01. The maximum Gasteiger partial charge on any atom is 0.261 e. The summed E-state index contributed by atoms with van der Waals surface area (Å²) in [6.07, 6.45) is 3.31. The lowest BCUT2D eigenvalue weighted by molar-refractivity contribution is -0.117. The summed E-state index contributed by atoms with van der Waals surface area (Å²) in [7, 11) is 0. The van der Waals surface area contributed by atoms with E-state index in [0.717, 1.165) is 33.3 Å². The van der Waals surface area contributed by atoms with Crippen molar-refractivity contribution < 1.29 is 9.53 Å². The zero-order chi connectivity index (χ0) is 21.9. The van der Waals surface area contributed by atoms with Crippen molar-refractivity contribution in [2.24, 2.45) is 0 Å². The third-order valence-corrected chi connectivity index (χ3v) is 5.48. The molecule has 3 aromatic carbocycles. The zero-order valence-corrected chi connectivity index (χ0v) is 19.2. The summed E-state index contributed by atoms with van der Waals surface area (Å²) in [5.74, 6) is 0.417. The molecule has 0 aliphatic carbocycles. The van der Waals surface area contributed by atoms with E-state index in [0.29, 0.717) is 13.2 Å². The highest BCUT2D eigenvalue weighted by atomic mass is 127. The third-order valence-electron chi connectivity index (χ3n) is 4.64. The van der Waals surface area contributed by atoms with Gasteiger partial charge in [-0.1, -0.05) is 66.7 Å². The topological polar surface area (TPSA) is 62.1 Å². The fourth-order valence-corrected chi connectivity index (χ4v) is 3.70. The van der Waals surface area contributed by atoms with E-state index in [9.17, 15) is 10.1 Å². The molecule has 0 aliphatic heterocycles. The van der Waals surface area contributed by atoms with Gasteiger partial charge in [0.05, 0.1) is 3.57 Å². The molecule has 156 valence electrons. The molecule has 0 fully saturated rings. The number of benzene rings is 3. The van der Waals surface area contributed by atoms with Gasteiger partial charge in [-0.2, -0.15) is 5.26 Å². The van der Waals surface area contributed by atoms with Crippen molar-refractivity contribution in [1.29, 1.82) is 5.26 Å². The molecule has 0 bridgehead atoms. The highest BCUT2D eigenvalue weighted by molar-refractivity contribution is 14.1. The van der Waals surface area contributed by atoms with Crippen LogP contribution in [0.1, 0.15) is 23.1 Å². The van der Waals surface area contributed by atoms with Gasteiger partial charge in [-0.05, 0) is 70.3 Å². The van der Waals surface area contributed by atoms with E-state index in [-0.39, 0.29) is 11.5 Å². The molecule has 0 spiro atoms. The van der Waals surface area contributed by atoms with E-state index in [1.54, 1.807) is 6.08 Å². The van der Waals surface area contributed by atoms with Crippen LogP contribution in [0, 0.1) is 14.9 Å². The highest BCUT2D eigenvalue weighted by Gasteiger charge is 2.09. The SMILES string of the molecule is N#C/C(=C/c1ccc(OCc2ccccc2)c(I)c1)C(=O)NCCCc1ccccc1. The summed E-state index contributed by atoms with van der Waals surface area (Å²) in [6, 6.07) is 27.7. The van der Waals surface area contributed by atoms with Gasteiger partial charge in [0.15, 0.2) is 0 Å². The Kier molecular flexibility index (Phi) is 8.68. The standard InChI is InChI=1S/C26H23IN2O2/c27-24-17-22(13-14-25(24)31-19-21-10-5-2-6-11-21)16-23(18-28)26(30)29-15-7-12-20-8-3-1-4-9-20/h1-6,8-11,13-14,16-17H,7,12,15,19H2,(H,29,30)/b23-16-. The van der Waals surface area contributed by atoms with Gasteiger partial charge in [0, 0.05) is 6.54 Å². The minimum atomic E-state index is -0.352. The largest absolute Gasteiger partial charge is 0.488 e. The van der Waals surface area contributed by atoms with Crippen molar-refractivity contribution in [2.75, 3.05) is 6.54 Å². The first kappa shape index (κ1) is 22.6. The number of aryl methyl sites for hydroxylation is 1. The van der Waals surface area contributed by atoms with Crippen LogP contribution in [0.5, 0.6) is 5.75 Å². The van der Waals surface area contributed by atoms with Crippen molar-refractivity contribution in [3.63, 3.8) is 0 Å². The van der Waals surface area contributed by atoms with Crippen LogP contribution in [-0.4, -0.2) is 12.5 Å². The van der Waals surface area contributed by atoms with E-state index < -0.39 is 0 Å². The lowest BCUT2D eigenvalue weighted by Gasteiger charge is -2.09. The lowest BCUT2D eigenvalue weighted by atomic mass is 10.1. The molecular weight excluding hydrogens is 499 g/mol.